The summed E-state index contributed by atoms with van der Waals surface area (Å²) in [6.07, 6.45) is 0.536. The van der Waals surface area contributed by atoms with Crippen LogP contribution in [0.2, 0.25) is 0 Å². The molecule has 0 unspecified atom stereocenters. The molecule has 4 nitrogen and oxygen atoms in total. The van der Waals surface area contributed by atoms with Gasteiger partial charge in [-0.15, -0.1) is 0 Å². The molecule has 0 saturated carbocycles. The Bertz CT molecular complexity index is 800. The van der Waals surface area contributed by atoms with Crippen LogP contribution in [0.15, 0.2) is 45.6 Å². The first-order valence-corrected chi connectivity index (χ1v) is 6.00. The average molecular weight is 256 g/mol. The van der Waals surface area contributed by atoms with Gasteiger partial charge in [0.25, 0.3) is 0 Å². The molecule has 1 aliphatic carbocycles. The Morgan fingerprint density at radius 1 is 1.00 bits per heavy atom. The highest BCUT2D eigenvalue weighted by atomic mass is 16.4. The second kappa shape index (κ2) is 4.31. The van der Waals surface area contributed by atoms with Gasteiger partial charge in [0.05, 0.1) is 0 Å². The molecule has 4 heteroatoms. The number of aliphatic hydroxyl groups excluding tert-OH is 2. The van der Waals surface area contributed by atoms with Gasteiger partial charge in [-0.1, -0.05) is 30.3 Å². The van der Waals surface area contributed by atoms with Gasteiger partial charge in [-0.3, -0.25) is 4.79 Å². The molecule has 96 valence electrons. The Morgan fingerprint density at radius 3 is 2.42 bits per heavy atom. The Hall–Kier alpha value is -2.49. The molecule has 19 heavy (non-hydrogen) atoms. The second-order valence-electron chi connectivity index (χ2n) is 4.44. The highest BCUT2D eigenvalue weighted by Gasteiger charge is 2.15. The fourth-order valence-electron chi connectivity index (χ4n) is 2.19. The Morgan fingerprint density at radius 2 is 1.68 bits per heavy atom. The molecule has 0 fully saturated rings. The van der Waals surface area contributed by atoms with E-state index in [4.69, 9.17) is 4.42 Å². The van der Waals surface area contributed by atoms with Gasteiger partial charge in [-0.05, 0) is 0 Å². The third-order valence-corrected chi connectivity index (χ3v) is 3.16. The number of hydrogen-bond acceptors (Lipinski definition) is 4. The first-order chi connectivity index (χ1) is 9.16. The van der Waals surface area contributed by atoms with Crippen LogP contribution in [0.3, 0.4) is 0 Å². The lowest BCUT2D eigenvalue weighted by Crippen LogP contribution is -2.43. The molecule has 2 aromatic rings. The molecule has 3 rings (SSSR count). The van der Waals surface area contributed by atoms with Crippen molar-refractivity contribution in [3.8, 4) is 11.3 Å². The summed E-state index contributed by atoms with van der Waals surface area (Å²) in [6.45, 7) is 0. The molecule has 2 N–H and O–H groups in total. The first-order valence-electron chi connectivity index (χ1n) is 6.00. The molecule has 0 amide bonds. The van der Waals surface area contributed by atoms with Crippen molar-refractivity contribution >= 4 is 11.5 Å². The maximum Gasteiger partial charge on any atom is 0.196 e. The Labute approximate surface area is 108 Å². The molecule has 0 spiro atoms. The predicted molar refractivity (Wildman–Crippen MR) is 71.0 cm³/mol. The van der Waals surface area contributed by atoms with Crippen molar-refractivity contribution in [2.75, 3.05) is 0 Å². The fourth-order valence-corrected chi connectivity index (χ4v) is 2.19. The van der Waals surface area contributed by atoms with E-state index in [0.717, 1.165) is 5.56 Å². The van der Waals surface area contributed by atoms with Crippen molar-refractivity contribution in [1.82, 2.24) is 0 Å². The van der Waals surface area contributed by atoms with Gasteiger partial charge in [0.2, 0.25) is 0 Å². The molecule has 0 radical (unpaired) electrons. The molecule has 1 heterocycles. The summed E-state index contributed by atoms with van der Waals surface area (Å²) in [6, 6.07) is 10.5. The van der Waals surface area contributed by atoms with Crippen molar-refractivity contribution in [3.05, 3.63) is 57.3 Å². The molecule has 0 atom stereocenters. The monoisotopic (exact) mass is 256 g/mol. The molecular weight excluding hydrogens is 244 g/mol. The largest absolute Gasteiger partial charge is 0.511 e. The quantitative estimate of drug-likeness (QED) is 0.809. The molecule has 0 bridgehead atoms. The summed E-state index contributed by atoms with van der Waals surface area (Å²) in [5, 5.41) is 19.7. The van der Waals surface area contributed by atoms with E-state index >= 15 is 0 Å². The molecule has 0 saturated heterocycles. The van der Waals surface area contributed by atoms with Crippen LogP contribution in [-0.2, 0) is 0 Å². The molecular formula is C15H12O4. The van der Waals surface area contributed by atoms with Crippen LogP contribution in [-0.4, -0.2) is 10.2 Å². The van der Waals surface area contributed by atoms with E-state index in [-0.39, 0.29) is 40.4 Å². The van der Waals surface area contributed by atoms with E-state index in [1.54, 1.807) is 0 Å². The van der Waals surface area contributed by atoms with E-state index in [9.17, 15) is 15.0 Å². The van der Waals surface area contributed by atoms with Crippen LogP contribution in [0.4, 0.5) is 0 Å². The van der Waals surface area contributed by atoms with Gasteiger partial charge in [0, 0.05) is 24.5 Å². The average Bonchev–Trinajstić information content (AvgIpc) is 2.43. The second-order valence-corrected chi connectivity index (χ2v) is 4.44. The summed E-state index contributed by atoms with van der Waals surface area (Å²) >= 11 is 0. The van der Waals surface area contributed by atoms with E-state index in [2.05, 4.69) is 0 Å². The maximum atomic E-state index is 12.0. The van der Waals surface area contributed by atoms with Crippen LogP contribution in [0.5, 0.6) is 0 Å². The van der Waals surface area contributed by atoms with Crippen LogP contribution >= 0.6 is 0 Å². The minimum atomic E-state index is -0.344. The summed E-state index contributed by atoms with van der Waals surface area (Å²) < 4.78 is 5.58. The lowest BCUT2D eigenvalue weighted by molar-refractivity contribution is 0.405. The highest BCUT2D eigenvalue weighted by molar-refractivity contribution is 5.57. The summed E-state index contributed by atoms with van der Waals surface area (Å²) in [7, 11) is 0. The van der Waals surface area contributed by atoms with E-state index in [1.165, 1.54) is 6.07 Å². The number of hydrogen-bond donors (Lipinski definition) is 2. The zero-order valence-electron chi connectivity index (χ0n) is 10.1. The highest BCUT2D eigenvalue weighted by Crippen LogP contribution is 2.16. The lowest BCUT2D eigenvalue weighted by atomic mass is 10.1. The number of benzene rings is 1. The van der Waals surface area contributed by atoms with Crippen molar-refractivity contribution in [1.29, 1.82) is 0 Å². The third-order valence-electron chi connectivity index (χ3n) is 3.16. The lowest BCUT2D eigenvalue weighted by Gasteiger charge is -2.08. The van der Waals surface area contributed by atoms with Gasteiger partial charge >= 0.3 is 0 Å². The van der Waals surface area contributed by atoms with Crippen LogP contribution < -0.4 is 16.1 Å². The van der Waals surface area contributed by atoms with Crippen LogP contribution in [0.1, 0.15) is 12.8 Å². The topological polar surface area (TPSA) is 70.7 Å². The predicted octanol–water partition coefficient (Wildman–Crippen LogP) is 1.43. The van der Waals surface area contributed by atoms with Crippen LogP contribution in [0.25, 0.3) is 22.8 Å². The van der Waals surface area contributed by atoms with E-state index < -0.39 is 0 Å². The zero-order valence-corrected chi connectivity index (χ0v) is 10.1. The van der Waals surface area contributed by atoms with Crippen molar-refractivity contribution in [2.45, 2.75) is 12.8 Å². The molecule has 0 aliphatic heterocycles. The van der Waals surface area contributed by atoms with Gasteiger partial charge < -0.3 is 14.6 Å². The first kappa shape index (κ1) is 11.6. The van der Waals surface area contributed by atoms with Crippen molar-refractivity contribution < 1.29 is 14.6 Å². The number of rotatable bonds is 1. The number of fused-ring (bicyclic) bond motifs is 1. The minimum absolute atomic E-state index is 0.00248. The van der Waals surface area contributed by atoms with E-state index in [1.807, 2.05) is 30.3 Å². The fraction of sp³-hybridized carbons (Fsp3) is 0.133. The standard InChI is InChI=1S/C15H12O4/c16-10-6-7-11(17)15-14(10)12(18)8-13(19-15)9-4-2-1-3-5-9/h1-5,8,16-17H,6-7H2. The summed E-state index contributed by atoms with van der Waals surface area (Å²) in [5.74, 6) is 0.356. The van der Waals surface area contributed by atoms with Gasteiger partial charge in [-0.2, -0.15) is 0 Å². The number of aliphatic hydroxyl groups is 2. The molecule has 1 aliphatic rings. The Balaban J connectivity index is 2.39. The van der Waals surface area contributed by atoms with Gasteiger partial charge in [0.1, 0.15) is 22.5 Å². The van der Waals surface area contributed by atoms with Gasteiger partial charge in [0.15, 0.2) is 10.8 Å². The minimum Gasteiger partial charge on any atom is -0.511 e. The van der Waals surface area contributed by atoms with Crippen LogP contribution in [0, 0.1) is 0 Å². The van der Waals surface area contributed by atoms with Gasteiger partial charge in [-0.25, -0.2) is 0 Å². The molecule has 1 aromatic heterocycles. The molecule has 1 aromatic carbocycles. The SMILES string of the molecule is O=c1cc(-c2ccccc2)oc2c1=C(O)CCC=2O. The van der Waals surface area contributed by atoms with Crippen molar-refractivity contribution in [2.24, 2.45) is 0 Å². The van der Waals surface area contributed by atoms with E-state index in [0.29, 0.717) is 5.76 Å². The smallest absolute Gasteiger partial charge is 0.196 e. The third kappa shape index (κ3) is 1.91. The van der Waals surface area contributed by atoms with Crippen molar-refractivity contribution in [3.63, 3.8) is 0 Å². The summed E-state index contributed by atoms with van der Waals surface area (Å²) in [4.78, 5) is 12.0. The Kier molecular flexibility index (Phi) is 2.63. The maximum absolute atomic E-state index is 12.0. The zero-order chi connectivity index (χ0) is 13.4. The normalized spacial score (nSPS) is 14.3. The summed E-state index contributed by atoms with van der Waals surface area (Å²) in [5.41, 5.74) is 0.485.